The molecule has 1 N–H and O–H groups in total. The van der Waals surface area contributed by atoms with Gasteiger partial charge in [-0.2, -0.15) is 0 Å². The molecule has 0 aliphatic carbocycles. The van der Waals surface area contributed by atoms with Crippen LogP contribution < -0.4 is 0 Å². The molecule has 5 heteroatoms. The van der Waals surface area contributed by atoms with E-state index in [9.17, 15) is 9.90 Å². The lowest BCUT2D eigenvalue weighted by atomic mass is 10.1. The van der Waals surface area contributed by atoms with Crippen LogP contribution in [0.3, 0.4) is 0 Å². The lowest BCUT2D eigenvalue weighted by molar-refractivity contribution is -0.154. The molecule has 5 nitrogen and oxygen atoms in total. The molecule has 0 radical (unpaired) electrons. The van der Waals surface area contributed by atoms with Gasteiger partial charge in [0.1, 0.15) is 6.10 Å². The molecule has 0 spiro atoms. The van der Waals surface area contributed by atoms with E-state index in [4.69, 9.17) is 14.2 Å². The maximum atomic E-state index is 10.7. The topological polar surface area (TPSA) is 65.0 Å². The maximum Gasteiger partial charge on any atom is 0.303 e. The van der Waals surface area contributed by atoms with E-state index in [1.54, 1.807) is 6.92 Å². The highest BCUT2D eigenvalue weighted by Crippen LogP contribution is 2.23. The fraction of sp³-hybridized carbons (Fsp3) is 0.875. The molecule has 0 saturated carbocycles. The standard InChI is InChI=1S/C8H14O5/c1-4-7(13-5(2)9)6(10)8(11-3)12-4/h4,6-8,10H,1-3H3. The van der Waals surface area contributed by atoms with Crippen molar-refractivity contribution in [2.24, 2.45) is 0 Å². The van der Waals surface area contributed by atoms with Gasteiger partial charge in [-0.1, -0.05) is 0 Å². The second-order valence-electron chi connectivity index (χ2n) is 3.01. The van der Waals surface area contributed by atoms with E-state index in [-0.39, 0.29) is 6.10 Å². The zero-order valence-electron chi connectivity index (χ0n) is 7.89. The molecule has 1 fully saturated rings. The zero-order chi connectivity index (χ0) is 10.0. The van der Waals surface area contributed by atoms with Crippen LogP contribution in [0, 0.1) is 0 Å². The fourth-order valence-electron chi connectivity index (χ4n) is 1.35. The molecule has 1 heterocycles. The van der Waals surface area contributed by atoms with Crippen molar-refractivity contribution in [2.45, 2.75) is 38.4 Å². The number of aliphatic hydroxyl groups excluding tert-OH is 1. The van der Waals surface area contributed by atoms with E-state index in [1.807, 2.05) is 0 Å². The number of esters is 1. The van der Waals surface area contributed by atoms with Crippen molar-refractivity contribution in [2.75, 3.05) is 7.11 Å². The second kappa shape index (κ2) is 4.04. The first-order valence-corrected chi connectivity index (χ1v) is 4.09. The summed E-state index contributed by atoms with van der Waals surface area (Å²) < 4.78 is 14.9. The summed E-state index contributed by atoms with van der Waals surface area (Å²) in [4.78, 5) is 10.7. The highest BCUT2D eigenvalue weighted by Gasteiger charge is 2.43. The Morgan fingerprint density at radius 2 is 2.15 bits per heavy atom. The largest absolute Gasteiger partial charge is 0.457 e. The molecular formula is C8H14O5. The molecule has 0 aromatic carbocycles. The van der Waals surface area contributed by atoms with E-state index < -0.39 is 24.5 Å². The summed E-state index contributed by atoms with van der Waals surface area (Å²) in [5.41, 5.74) is 0. The summed E-state index contributed by atoms with van der Waals surface area (Å²) in [6, 6.07) is 0. The molecule has 76 valence electrons. The SMILES string of the molecule is COC1OC(C)C(OC(C)=O)C1O. The Morgan fingerprint density at radius 1 is 1.54 bits per heavy atom. The number of carbonyl (C=O) groups excluding carboxylic acids is 1. The molecule has 1 aliphatic rings. The van der Waals surface area contributed by atoms with Gasteiger partial charge < -0.3 is 19.3 Å². The third kappa shape index (κ3) is 2.18. The highest BCUT2D eigenvalue weighted by atomic mass is 16.7. The summed E-state index contributed by atoms with van der Waals surface area (Å²) in [6.07, 6.45) is -2.60. The molecule has 13 heavy (non-hydrogen) atoms. The van der Waals surface area contributed by atoms with Crippen molar-refractivity contribution in [3.05, 3.63) is 0 Å². The van der Waals surface area contributed by atoms with Crippen LogP contribution in [0.25, 0.3) is 0 Å². The average Bonchev–Trinajstić information content (AvgIpc) is 2.31. The number of aliphatic hydroxyl groups is 1. The predicted octanol–water partition coefficient (Wildman–Crippen LogP) is -0.330. The molecule has 0 amide bonds. The number of rotatable bonds is 2. The molecule has 4 atom stereocenters. The molecular weight excluding hydrogens is 176 g/mol. The predicted molar refractivity (Wildman–Crippen MR) is 42.9 cm³/mol. The Hall–Kier alpha value is -0.650. The lowest BCUT2D eigenvalue weighted by Gasteiger charge is -2.16. The maximum absolute atomic E-state index is 10.7. The minimum atomic E-state index is -0.913. The summed E-state index contributed by atoms with van der Waals surface area (Å²) in [5.74, 6) is -0.434. The van der Waals surface area contributed by atoms with Gasteiger partial charge in [-0.25, -0.2) is 0 Å². The summed E-state index contributed by atoms with van der Waals surface area (Å²) in [6.45, 7) is 3.01. The normalized spacial score (nSPS) is 39.1. The van der Waals surface area contributed by atoms with Crippen molar-refractivity contribution in [1.82, 2.24) is 0 Å². The Morgan fingerprint density at radius 3 is 2.54 bits per heavy atom. The highest BCUT2D eigenvalue weighted by molar-refractivity contribution is 5.66. The number of hydrogen-bond donors (Lipinski definition) is 1. The Kier molecular flexibility index (Phi) is 3.24. The first-order chi connectivity index (χ1) is 6.06. The first kappa shape index (κ1) is 10.4. The van der Waals surface area contributed by atoms with Crippen molar-refractivity contribution in [1.29, 1.82) is 0 Å². The van der Waals surface area contributed by atoms with Crippen LogP contribution in [0.15, 0.2) is 0 Å². The van der Waals surface area contributed by atoms with Gasteiger partial charge in [-0.05, 0) is 6.92 Å². The molecule has 0 bridgehead atoms. The lowest BCUT2D eigenvalue weighted by Crippen LogP contribution is -2.36. The van der Waals surface area contributed by atoms with Crippen molar-refractivity contribution >= 4 is 5.97 Å². The van der Waals surface area contributed by atoms with Crippen LogP contribution in [0.5, 0.6) is 0 Å². The second-order valence-corrected chi connectivity index (χ2v) is 3.01. The van der Waals surface area contributed by atoms with E-state index in [0.29, 0.717) is 0 Å². The van der Waals surface area contributed by atoms with Gasteiger partial charge in [-0.3, -0.25) is 4.79 Å². The Bertz CT molecular complexity index is 193. The molecule has 0 aromatic rings. The number of hydrogen-bond acceptors (Lipinski definition) is 5. The van der Waals surface area contributed by atoms with Crippen molar-refractivity contribution < 1.29 is 24.1 Å². The van der Waals surface area contributed by atoms with Gasteiger partial charge in [0.25, 0.3) is 0 Å². The monoisotopic (exact) mass is 190 g/mol. The van der Waals surface area contributed by atoms with Crippen LogP contribution in [0.4, 0.5) is 0 Å². The minimum Gasteiger partial charge on any atom is -0.457 e. The van der Waals surface area contributed by atoms with Crippen LogP contribution in [-0.4, -0.2) is 42.8 Å². The van der Waals surface area contributed by atoms with E-state index in [0.717, 1.165) is 0 Å². The first-order valence-electron chi connectivity index (χ1n) is 4.09. The number of methoxy groups -OCH3 is 1. The van der Waals surface area contributed by atoms with Crippen molar-refractivity contribution in [3.63, 3.8) is 0 Å². The fourth-order valence-corrected chi connectivity index (χ4v) is 1.35. The molecule has 1 saturated heterocycles. The zero-order valence-corrected chi connectivity index (χ0v) is 7.89. The van der Waals surface area contributed by atoms with E-state index >= 15 is 0 Å². The van der Waals surface area contributed by atoms with Gasteiger partial charge in [0, 0.05) is 14.0 Å². The third-order valence-electron chi connectivity index (χ3n) is 1.96. The van der Waals surface area contributed by atoms with Gasteiger partial charge in [0.05, 0.1) is 6.10 Å². The summed E-state index contributed by atoms with van der Waals surface area (Å²) >= 11 is 0. The number of carbonyl (C=O) groups is 1. The molecule has 1 aliphatic heterocycles. The van der Waals surface area contributed by atoms with Crippen LogP contribution >= 0.6 is 0 Å². The Labute approximate surface area is 76.6 Å². The third-order valence-corrected chi connectivity index (χ3v) is 1.96. The molecule has 1 rings (SSSR count). The molecule has 4 unspecified atom stereocenters. The number of ether oxygens (including phenoxy) is 3. The van der Waals surface area contributed by atoms with Gasteiger partial charge in [0.2, 0.25) is 0 Å². The van der Waals surface area contributed by atoms with Crippen LogP contribution in [0.2, 0.25) is 0 Å². The average molecular weight is 190 g/mol. The summed E-state index contributed by atoms with van der Waals surface area (Å²) in [7, 11) is 1.43. The Balaban J connectivity index is 2.58. The summed E-state index contributed by atoms with van der Waals surface area (Å²) in [5, 5.41) is 9.54. The quantitative estimate of drug-likeness (QED) is 0.604. The van der Waals surface area contributed by atoms with Gasteiger partial charge in [-0.15, -0.1) is 0 Å². The minimum absolute atomic E-state index is 0.344. The van der Waals surface area contributed by atoms with Gasteiger partial charge in [0.15, 0.2) is 12.4 Å². The van der Waals surface area contributed by atoms with E-state index in [2.05, 4.69) is 0 Å². The van der Waals surface area contributed by atoms with Crippen molar-refractivity contribution in [3.8, 4) is 0 Å². The van der Waals surface area contributed by atoms with Gasteiger partial charge >= 0.3 is 5.97 Å². The van der Waals surface area contributed by atoms with E-state index in [1.165, 1.54) is 14.0 Å². The van der Waals surface area contributed by atoms with Crippen LogP contribution in [-0.2, 0) is 19.0 Å². The molecule has 0 aromatic heterocycles. The van der Waals surface area contributed by atoms with Crippen LogP contribution in [0.1, 0.15) is 13.8 Å². The smallest absolute Gasteiger partial charge is 0.303 e.